The fraction of sp³-hybridized carbons (Fsp3) is 0.308. The molecule has 1 amide bonds. The van der Waals surface area contributed by atoms with Crippen LogP contribution < -0.4 is 5.32 Å². The molecule has 0 aliphatic rings. The molecule has 0 fully saturated rings. The normalized spacial score (nSPS) is 11.1. The maximum absolute atomic E-state index is 12.2. The Morgan fingerprint density at radius 2 is 1.79 bits per heavy atom. The second-order valence-electron chi connectivity index (χ2n) is 7.83. The number of carbonyl (C=O) groups excluding carboxylic acids is 1. The van der Waals surface area contributed by atoms with Crippen molar-refractivity contribution in [2.24, 2.45) is 0 Å². The molecular weight excluding hydrogens is 430 g/mol. The molecule has 0 unspecified atom stereocenters. The van der Waals surface area contributed by atoms with E-state index in [1.807, 2.05) is 36.4 Å². The van der Waals surface area contributed by atoms with E-state index >= 15 is 0 Å². The van der Waals surface area contributed by atoms with E-state index in [2.05, 4.69) is 58.2 Å². The van der Waals surface area contributed by atoms with Crippen LogP contribution in [0.5, 0.6) is 0 Å². The molecule has 4 rings (SSSR count). The van der Waals surface area contributed by atoms with Gasteiger partial charge in [0.25, 0.3) is 0 Å². The van der Waals surface area contributed by atoms with Gasteiger partial charge in [-0.15, -0.1) is 10.2 Å². The van der Waals surface area contributed by atoms with Gasteiger partial charge in [0.15, 0.2) is 11.0 Å². The third kappa shape index (κ3) is 5.42. The number of thioether (sulfide) groups is 1. The van der Waals surface area contributed by atoms with E-state index in [-0.39, 0.29) is 5.91 Å². The predicted molar refractivity (Wildman–Crippen MR) is 135 cm³/mol. The first-order valence-corrected chi connectivity index (χ1v) is 12.5. The number of hydrogen-bond acceptors (Lipinski definition) is 5. The molecule has 0 saturated heterocycles. The summed E-state index contributed by atoms with van der Waals surface area (Å²) in [6.45, 7) is 5.66. The van der Waals surface area contributed by atoms with Crippen LogP contribution >= 0.6 is 11.8 Å². The Morgan fingerprint density at radius 1 is 1.00 bits per heavy atom. The molecule has 33 heavy (non-hydrogen) atoms. The van der Waals surface area contributed by atoms with Crippen molar-refractivity contribution in [2.75, 3.05) is 12.3 Å². The van der Waals surface area contributed by atoms with Gasteiger partial charge < -0.3 is 9.88 Å². The van der Waals surface area contributed by atoms with Crippen molar-refractivity contribution in [1.29, 1.82) is 0 Å². The lowest BCUT2D eigenvalue weighted by atomic mass is 10.0. The molecule has 6 nitrogen and oxygen atoms in total. The quantitative estimate of drug-likeness (QED) is 0.248. The number of unbranched alkanes of at least 4 members (excludes halogenated alkanes) is 2. The highest BCUT2D eigenvalue weighted by atomic mass is 32.2. The van der Waals surface area contributed by atoms with E-state index < -0.39 is 0 Å². The van der Waals surface area contributed by atoms with E-state index in [0.717, 1.165) is 64.5 Å². The topological polar surface area (TPSA) is 72.7 Å². The van der Waals surface area contributed by atoms with Crippen LogP contribution in [0.15, 0.2) is 65.8 Å². The van der Waals surface area contributed by atoms with Crippen LogP contribution in [0, 0.1) is 0 Å². The third-order valence-electron chi connectivity index (χ3n) is 5.49. The van der Waals surface area contributed by atoms with Crippen LogP contribution in [0.2, 0.25) is 0 Å². The van der Waals surface area contributed by atoms with Gasteiger partial charge in [0.1, 0.15) is 0 Å². The maximum Gasteiger partial charge on any atom is 0.230 e. The number of amides is 1. The van der Waals surface area contributed by atoms with Crippen LogP contribution in [0.4, 0.5) is 0 Å². The lowest BCUT2D eigenvalue weighted by Crippen LogP contribution is -2.26. The second kappa shape index (κ2) is 11.1. The molecule has 0 radical (unpaired) electrons. The zero-order chi connectivity index (χ0) is 23.0. The van der Waals surface area contributed by atoms with Crippen LogP contribution in [0.3, 0.4) is 0 Å². The molecule has 0 bridgehead atoms. The van der Waals surface area contributed by atoms with Gasteiger partial charge in [-0.25, -0.2) is 4.98 Å². The van der Waals surface area contributed by atoms with E-state index in [0.29, 0.717) is 12.3 Å². The Labute approximate surface area is 198 Å². The van der Waals surface area contributed by atoms with E-state index in [1.54, 1.807) is 0 Å². The molecule has 2 aromatic heterocycles. The summed E-state index contributed by atoms with van der Waals surface area (Å²) < 4.78 is 2.07. The Kier molecular flexibility index (Phi) is 7.73. The van der Waals surface area contributed by atoms with Crippen molar-refractivity contribution in [3.8, 4) is 22.6 Å². The van der Waals surface area contributed by atoms with E-state index in [9.17, 15) is 4.79 Å². The first-order valence-electron chi connectivity index (χ1n) is 11.5. The largest absolute Gasteiger partial charge is 0.355 e. The molecule has 0 aliphatic carbocycles. The van der Waals surface area contributed by atoms with Crippen LogP contribution in [0.1, 0.15) is 33.1 Å². The number of nitrogens with zero attached hydrogens (tertiary/aromatic N) is 4. The zero-order valence-corrected chi connectivity index (χ0v) is 19.9. The van der Waals surface area contributed by atoms with Crippen molar-refractivity contribution in [1.82, 2.24) is 25.1 Å². The smallest absolute Gasteiger partial charge is 0.230 e. The Bertz CT molecular complexity index is 1220. The number of aromatic nitrogens is 4. The number of hydrogen-bond donors (Lipinski definition) is 1. The summed E-state index contributed by atoms with van der Waals surface area (Å²) in [7, 11) is 0. The van der Waals surface area contributed by atoms with Gasteiger partial charge in [-0.05, 0) is 25.5 Å². The number of carbonyl (C=O) groups is 1. The van der Waals surface area contributed by atoms with Crippen molar-refractivity contribution in [3.05, 3.63) is 60.7 Å². The van der Waals surface area contributed by atoms with Crippen molar-refractivity contribution in [3.63, 3.8) is 0 Å². The number of pyridine rings is 1. The van der Waals surface area contributed by atoms with Crippen LogP contribution in [-0.4, -0.2) is 38.0 Å². The fourth-order valence-corrected chi connectivity index (χ4v) is 4.61. The Hall–Kier alpha value is -3.19. The molecule has 0 atom stereocenters. The van der Waals surface area contributed by atoms with E-state index in [4.69, 9.17) is 4.98 Å². The fourth-order valence-electron chi connectivity index (χ4n) is 3.78. The number of benzene rings is 2. The van der Waals surface area contributed by atoms with Gasteiger partial charge in [0.05, 0.1) is 17.0 Å². The van der Waals surface area contributed by atoms with Gasteiger partial charge in [-0.3, -0.25) is 4.79 Å². The lowest BCUT2D eigenvalue weighted by molar-refractivity contribution is -0.118. The van der Waals surface area contributed by atoms with Crippen molar-refractivity contribution >= 4 is 28.6 Å². The maximum atomic E-state index is 12.2. The molecule has 0 spiro atoms. The van der Waals surface area contributed by atoms with Crippen molar-refractivity contribution in [2.45, 2.75) is 44.8 Å². The summed E-state index contributed by atoms with van der Waals surface area (Å²) in [5, 5.41) is 13.7. The molecule has 4 aromatic rings. The van der Waals surface area contributed by atoms with Crippen LogP contribution in [0.25, 0.3) is 33.5 Å². The van der Waals surface area contributed by atoms with Gasteiger partial charge in [0.2, 0.25) is 5.91 Å². The minimum Gasteiger partial charge on any atom is -0.355 e. The molecule has 0 saturated carbocycles. The summed E-state index contributed by atoms with van der Waals surface area (Å²) in [5.74, 6) is 1.15. The van der Waals surface area contributed by atoms with Gasteiger partial charge >= 0.3 is 0 Å². The summed E-state index contributed by atoms with van der Waals surface area (Å²) in [4.78, 5) is 17.1. The second-order valence-corrected chi connectivity index (χ2v) is 8.78. The molecule has 7 heteroatoms. The highest BCUT2D eigenvalue weighted by Gasteiger charge is 2.18. The first kappa shape index (κ1) is 23.0. The molecule has 0 aliphatic heterocycles. The molecule has 170 valence electrons. The summed E-state index contributed by atoms with van der Waals surface area (Å²) in [6.07, 6.45) is 3.29. The van der Waals surface area contributed by atoms with Gasteiger partial charge in [0, 0.05) is 29.6 Å². The monoisotopic (exact) mass is 459 g/mol. The predicted octanol–water partition coefficient (Wildman–Crippen LogP) is 5.58. The molecular formula is C26H29N5OS. The SMILES string of the molecule is CCCCCNC(=O)CSc1nnc(-c2cc(-c3ccccc3)nc3ccccc23)n1CC. The molecule has 1 N–H and O–H groups in total. The van der Waals surface area contributed by atoms with Gasteiger partial charge in [-0.2, -0.15) is 0 Å². The number of rotatable bonds is 10. The third-order valence-corrected chi connectivity index (χ3v) is 6.46. The number of fused-ring (bicyclic) bond motifs is 1. The first-order chi connectivity index (χ1) is 16.2. The number of para-hydroxylation sites is 1. The number of nitrogens with one attached hydrogen (secondary N) is 1. The highest BCUT2D eigenvalue weighted by molar-refractivity contribution is 7.99. The lowest BCUT2D eigenvalue weighted by Gasteiger charge is -2.12. The summed E-state index contributed by atoms with van der Waals surface area (Å²) in [5.41, 5.74) is 3.86. The minimum absolute atomic E-state index is 0.0315. The molecule has 2 heterocycles. The van der Waals surface area contributed by atoms with Gasteiger partial charge in [-0.1, -0.05) is 80.1 Å². The summed E-state index contributed by atoms with van der Waals surface area (Å²) >= 11 is 1.43. The minimum atomic E-state index is 0.0315. The Balaban J connectivity index is 1.63. The Morgan fingerprint density at radius 3 is 2.58 bits per heavy atom. The highest BCUT2D eigenvalue weighted by Crippen LogP contribution is 2.32. The molecule has 2 aromatic carbocycles. The van der Waals surface area contributed by atoms with E-state index in [1.165, 1.54) is 11.8 Å². The van der Waals surface area contributed by atoms with Crippen LogP contribution in [-0.2, 0) is 11.3 Å². The average molecular weight is 460 g/mol. The van der Waals surface area contributed by atoms with Crippen molar-refractivity contribution < 1.29 is 4.79 Å². The standard InChI is InChI=1S/C26H29N5OS/c1-3-5-11-16-27-24(32)18-33-26-30-29-25(31(26)4-2)21-17-23(19-12-7-6-8-13-19)28-22-15-10-9-14-20(21)22/h6-10,12-15,17H,3-5,11,16,18H2,1-2H3,(H,27,32). The zero-order valence-electron chi connectivity index (χ0n) is 19.1. The summed E-state index contributed by atoms with van der Waals surface area (Å²) in [6, 6.07) is 20.3. The average Bonchev–Trinajstić information content (AvgIpc) is 3.28.